The summed E-state index contributed by atoms with van der Waals surface area (Å²) >= 11 is 0. The molecule has 2 fully saturated rings. The molecule has 2 atom stereocenters. The summed E-state index contributed by atoms with van der Waals surface area (Å²) in [5, 5.41) is 2.95. The average molecular weight is 260 g/mol. The van der Waals surface area contributed by atoms with Crippen LogP contribution in [0.4, 0.5) is 0 Å². The van der Waals surface area contributed by atoms with E-state index in [1.54, 1.807) is 0 Å². The number of hydrogen-bond acceptors (Lipinski definition) is 4. The number of carbonyl (C=O) groups is 1. The first-order chi connectivity index (χ1) is 7.98. The third-order valence-electron chi connectivity index (χ3n) is 3.81. The molecule has 98 valence electrons. The first-order valence-electron chi connectivity index (χ1n) is 6.24. The maximum atomic E-state index is 11.9. The van der Waals surface area contributed by atoms with Gasteiger partial charge in [-0.05, 0) is 25.7 Å². The summed E-state index contributed by atoms with van der Waals surface area (Å²) in [6, 6.07) is -0.0128. The maximum absolute atomic E-state index is 11.9. The Bertz CT molecular complexity index is 380. The molecule has 1 aliphatic carbocycles. The van der Waals surface area contributed by atoms with Gasteiger partial charge in [-0.3, -0.25) is 4.79 Å². The van der Waals surface area contributed by atoms with Gasteiger partial charge < -0.3 is 11.1 Å². The van der Waals surface area contributed by atoms with Crippen LogP contribution >= 0.6 is 0 Å². The van der Waals surface area contributed by atoms with E-state index >= 15 is 0 Å². The minimum atomic E-state index is -2.86. The second kappa shape index (κ2) is 4.94. The third kappa shape index (κ3) is 3.19. The molecule has 1 amide bonds. The number of amides is 1. The highest BCUT2D eigenvalue weighted by Crippen LogP contribution is 2.24. The van der Waals surface area contributed by atoms with Crippen molar-refractivity contribution in [3.05, 3.63) is 0 Å². The molecule has 17 heavy (non-hydrogen) atoms. The first kappa shape index (κ1) is 12.8. The largest absolute Gasteiger partial charge is 0.353 e. The van der Waals surface area contributed by atoms with Gasteiger partial charge >= 0.3 is 0 Å². The number of nitrogens with one attached hydrogen (secondary N) is 1. The standard InChI is InChI=1S/C11H20N2O3S/c12-10-3-1-2-9(10)11(14)13-8-4-6-17(15,16)7-5-8/h8-10H,1-7,12H2,(H,13,14). The number of sulfone groups is 1. The molecular formula is C11H20N2O3S. The topological polar surface area (TPSA) is 89.3 Å². The van der Waals surface area contributed by atoms with E-state index in [2.05, 4.69) is 5.32 Å². The fraction of sp³-hybridized carbons (Fsp3) is 0.909. The third-order valence-corrected chi connectivity index (χ3v) is 5.52. The zero-order valence-corrected chi connectivity index (χ0v) is 10.7. The van der Waals surface area contributed by atoms with Crippen molar-refractivity contribution in [2.75, 3.05) is 11.5 Å². The van der Waals surface area contributed by atoms with E-state index < -0.39 is 9.84 Å². The number of rotatable bonds is 2. The molecule has 0 spiro atoms. The summed E-state index contributed by atoms with van der Waals surface area (Å²) in [6.45, 7) is 0. The van der Waals surface area contributed by atoms with E-state index in [1.807, 2.05) is 0 Å². The van der Waals surface area contributed by atoms with Gasteiger partial charge in [0.25, 0.3) is 0 Å². The predicted molar refractivity (Wildman–Crippen MR) is 65.1 cm³/mol. The summed E-state index contributed by atoms with van der Waals surface area (Å²) in [5.74, 6) is 0.316. The summed E-state index contributed by atoms with van der Waals surface area (Å²) in [7, 11) is -2.86. The van der Waals surface area contributed by atoms with Gasteiger partial charge in [-0.1, -0.05) is 6.42 Å². The SMILES string of the molecule is NC1CCCC1C(=O)NC1CCS(=O)(=O)CC1. The predicted octanol–water partition coefficient (Wildman–Crippen LogP) is -0.193. The van der Waals surface area contributed by atoms with Crippen LogP contribution in [0.2, 0.25) is 0 Å². The minimum Gasteiger partial charge on any atom is -0.353 e. The van der Waals surface area contributed by atoms with Crippen molar-refractivity contribution in [1.82, 2.24) is 5.32 Å². The molecule has 2 aliphatic rings. The number of nitrogens with two attached hydrogens (primary N) is 1. The first-order valence-corrected chi connectivity index (χ1v) is 8.06. The van der Waals surface area contributed by atoms with Crippen LogP contribution in [0.15, 0.2) is 0 Å². The van der Waals surface area contributed by atoms with Crippen molar-refractivity contribution >= 4 is 15.7 Å². The Kier molecular flexibility index (Phi) is 3.73. The van der Waals surface area contributed by atoms with Crippen molar-refractivity contribution in [2.45, 2.75) is 44.2 Å². The molecule has 6 heteroatoms. The van der Waals surface area contributed by atoms with Crippen LogP contribution in [-0.2, 0) is 14.6 Å². The van der Waals surface area contributed by atoms with E-state index in [1.165, 1.54) is 0 Å². The van der Waals surface area contributed by atoms with Gasteiger partial charge in [-0.15, -0.1) is 0 Å². The molecular weight excluding hydrogens is 240 g/mol. The molecule has 5 nitrogen and oxygen atoms in total. The molecule has 1 aliphatic heterocycles. The van der Waals surface area contributed by atoms with Crippen molar-refractivity contribution in [3.8, 4) is 0 Å². The number of hydrogen-bond donors (Lipinski definition) is 2. The molecule has 3 N–H and O–H groups in total. The van der Waals surface area contributed by atoms with E-state index in [9.17, 15) is 13.2 Å². The van der Waals surface area contributed by atoms with Gasteiger partial charge in [-0.2, -0.15) is 0 Å². The van der Waals surface area contributed by atoms with Crippen molar-refractivity contribution in [1.29, 1.82) is 0 Å². The Hall–Kier alpha value is -0.620. The molecule has 0 radical (unpaired) electrons. The fourth-order valence-corrected chi connectivity index (χ4v) is 4.15. The molecule has 2 rings (SSSR count). The Balaban J connectivity index is 1.84. The molecule has 1 saturated carbocycles. The second-order valence-corrected chi connectivity index (χ2v) is 7.44. The second-order valence-electron chi connectivity index (χ2n) is 5.14. The van der Waals surface area contributed by atoms with Gasteiger partial charge in [-0.25, -0.2) is 8.42 Å². The lowest BCUT2D eigenvalue weighted by atomic mass is 10.0. The summed E-state index contributed by atoms with van der Waals surface area (Å²) in [4.78, 5) is 11.9. The summed E-state index contributed by atoms with van der Waals surface area (Å²) in [5.41, 5.74) is 5.87. The zero-order valence-electron chi connectivity index (χ0n) is 9.89. The van der Waals surface area contributed by atoms with Crippen molar-refractivity contribution in [2.24, 2.45) is 11.7 Å². The lowest BCUT2D eigenvalue weighted by molar-refractivity contribution is -0.125. The molecule has 2 unspecified atom stereocenters. The maximum Gasteiger partial charge on any atom is 0.224 e. The van der Waals surface area contributed by atoms with Gasteiger partial charge in [0, 0.05) is 12.1 Å². The Morgan fingerprint density at radius 1 is 1.12 bits per heavy atom. The lowest BCUT2D eigenvalue weighted by Crippen LogP contribution is -2.46. The monoisotopic (exact) mass is 260 g/mol. The van der Waals surface area contributed by atoms with Gasteiger partial charge in [0.05, 0.1) is 17.4 Å². The lowest BCUT2D eigenvalue weighted by Gasteiger charge is -2.25. The fourth-order valence-electron chi connectivity index (χ4n) is 2.66. The molecule has 0 aromatic rings. The molecule has 1 saturated heterocycles. The Morgan fingerprint density at radius 3 is 2.29 bits per heavy atom. The summed E-state index contributed by atoms with van der Waals surface area (Å²) < 4.78 is 22.5. The van der Waals surface area contributed by atoms with E-state index in [0.29, 0.717) is 12.8 Å². The number of carbonyl (C=O) groups excluding carboxylic acids is 1. The van der Waals surface area contributed by atoms with Crippen molar-refractivity contribution < 1.29 is 13.2 Å². The highest BCUT2D eigenvalue weighted by Gasteiger charge is 2.32. The molecule has 0 bridgehead atoms. The van der Waals surface area contributed by atoms with Gasteiger partial charge in [0.1, 0.15) is 9.84 Å². The van der Waals surface area contributed by atoms with Crippen molar-refractivity contribution in [3.63, 3.8) is 0 Å². The van der Waals surface area contributed by atoms with E-state index in [4.69, 9.17) is 5.73 Å². The van der Waals surface area contributed by atoms with Gasteiger partial charge in [0.15, 0.2) is 0 Å². The van der Waals surface area contributed by atoms with Crippen LogP contribution in [0.1, 0.15) is 32.1 Å². The quantitative estimate of drug-likeness (QED) is 0.720. The van der Waals surface area contributed by atoms with Crippen LogP contribution in [0.25, 0.3) is 0 Å². The smallest absolute Gasteiger partial charge is 0.224 e. The minimum absolute atomic E-state index is 0.0128. The zero-order chi connectivity index (χ0) is 12.5. The van der Waals surface area contributed by atoms with Crippen LogP contribution in [0.3, 0.4) is 0 Å². The van der Waals surface area contributed by atoms with E-state index in [-0.39, 0.29) is 35.4 Å². The molecule has 0 aromatic heterocycles. The average Bonchev–Trinajstić information content (AvgIpc) is 2.68. The molecule has 1 heterocycles. The Labute approximate surface area is 102 Å². The molecule has 0 aromatic carbocycles. The van der Waals surface area contributed by atoms with Crippen LogP contribution in [0.5, 0.6) is 0 Å². The highest BCUT2D eigenvalue weighted by atomic mass is 32.2. The van der Waals surface area contributed by atoms with Gasteiger partial charge in [0.2, 0.25) is 5.91 Å². The highest BCUT2D eigenvalue weighted by molar-refractivity contribution is 7.91. The summed E-state index contributed by atoms with van der Waals surface area (Å²) in [6.07, 6.45) is 3.86. The Morgan fingerprint density at radius 2 is 1.76 bits per heavy atom. The van der Waals surface area contributed by atoms with Crippen LogP contribution in [0, 0.1) is 5.92 Å². The van der Waals surface area contributed by atoms with E-state index in [0.717, 1.165) is 19.3 Å². The normalized spacial score (nSPS) is 33.5. The van der Waals surface area contributed by atoms with Crippen LogP contribution < -0.4 is 11.1 Å². The van der Waals surface area contributed by atoms with Crippen LogP contribution in [-0.4, -0.2) is 37.9 Å².